The summed E-state index contributed by atoms with van der Waals surface area (Å²) in [5.74, 6) is 0.474. The first kappa shape index (κ1) is 20.9. The molecule has 0 saturated heterocycles. The summed E-state index contributed by atoms with van der Waals surface area (Å²) in [6.07, 6.45) is 3.93. The molecule has 0 bridgehead atoms. The Morgan fingerprint density at radius 3 is 2.07 bits per heavy atom. The zero-order chi connectivity index (χ0) is 19.8. The molecule has 0 unspecified atom stereocenters. The predicted octanol–water partition coefficient (Wildman–Crippen LogP) is 3.55. The molecule has 0 radical (unpaired) electrons. The Bertz CT molecular complexity index is 664. The Kier molecular flexibility index (Phi) is 7.82. The van der Waals surface area contributed by atoms with Crippen molar-refractivity contribution in [2.45, 2.75) is 52.9 Å². The van der Waals surface area contributed by atoms with E-state index in [-0.39, 0.29) is 29.6 Å². The maximum atomic E-state index is 12.5. The summed E-state index contributed by atoms with van der Waals surface area (Å²) in [5, 5.41) is 8.65. The second kappa shape index (κ2) is 10.1. The lowest BCUT2D eigenvalue weighted by Gasteiger charge is -2.27. The standard InChI is InChI=1S/C21H31N3O3/c1-14(2)11-12-22-20(26)16-7-9-17(10-8-16)21(27)24-19-6-4-5-18(13-19)23-15(3)25/h4-6,13-14,16-17H,7-12H2,1-3H3,(H,22,26)(H,23,25)(H,24,27). The van der Waals surface area contributed by atoms with E-state index in [2.05, 4.69) is 29.8 Å². The van der Waals surface area contributed by atoms with Crippen LogP contribution in [0.25, 0.3) is 0 Å². The molecule has 1 aromatic rings. The van der Waals surface area contributed by atoms with Crippen LogP contribution in [0.1, 0.15) is 52.9 Å². The fourth-order valence-corrected chi connectivity index (χ4v) is 3.37. The lowest BCUT2D eigenvalue weighted by molar-refractivity contribution is -0.128. The van der Waals surface area contributed by atoms with E-state index in [9.17, 15) is 14.4 Å². The maximum Gasteiger partial charge on any atom is 0.227 e. The molecule has 27 heavy (non-hydrogen) atoms. The van der Waals surface area contributed by atoms with Crippen LogP contribution < -0.4 is 16.0 Å². The number of hydrogen-bond donors (Lipinski definition) is 3. The van der Waals surface area contributed by atoms with Crippen molar-refractivity contribution < 1.29 is 14.4 Å². The van der Waals surface area contributed by atoms with Gasteiger partial charge in [-0.2, -0.15) is 0 Å². The van der Waals surface area contributed by atoms with Crippen LogP contribution in [0.5, 0.6) is 0 Å². The summed E-state index contributed by atoms with van der Waals surface area (Å²) in [6.45, 7) is 6.45. The van der Waals surface area contributed by atoms with Crippen LogP contribution in [-0.4, -0.2) is 24.3 Å². The molecule has 1 aliphatic carbocycles. The van der Waals surface area contributed by atoms with Crippen molar-refractivity contribution in [1.29, 1.82) is 0 Å². The Balaban J connectivity index is 1.79. The van der Waals surface area contributed by atoms with Gasteiger partial charge < -0.3 is 16.0 Å². The minimum atomic E-state index is -0.150. The zero-order valence-electron chi connectivity index (χ0n) is 16.5. The van der Waals surface area contributed by atoms with Crippen molar-refractivity contribution in [3.63, 3.8) is 0 Å². The van der Waals surface area contributed by atoms with Crippen molar-refractivity contribution in [3.05, 3.63) is 24.3 Å². The molecule has 0 aromatic heterocycles. The molecule has 6 nitrogen and oxygen atoms in total. The number of hydrogen-bond acceptors (Lipinski definition) is 3. The van der Waals surface area contributed by atoms with Gasteiger partial charge in [-0.3, -0.25) is 14.4 Å². The van der Waals surface area contributed by atoms with Gasteiger partial charge in [0.25, 0.3) is 0 Å². The van der Waals surface area contributed by atoms with Crippen LogP contribution in [0.2, 0.25) is 0 Å². The van der Waals surface area contributed by atoms with Gasteiger partial charge in [-0.05, 0) is 56.2 Å². The molecular formula is C21H31N3O3. The Hall–Kier alpha value is -2.37. The molecule has 1 aliphatic rings. The normalized spacial score (nSPS) is 19.4. The fraction of sp³-hybridized carbons (Fsp3) is 0.571. The summed E-state index contributed by atoms with van der Waals surface area (Å²) in [7, 11) is 0. The van der Waals surface area contributed by atoms with E-state index in [1.54, 1.807) is 24.3 Å². The number of rotatable bonds is 7. The molecule has 0 atom stereocenters. The summed E-state index contributed by atoms with van der Waals surface area (Å²) < 4.78 is 0. The number of nitrogens with one attached hydrogen (secondary N) is 3. The molecular weight excluding hydrogens is 342 g/mol. The maximum absolute atomic E-state index is 12.5. The van der Waals surface area contributed by atoms with Crippen molar-refractivity contribution >= 4 is 29.1 Å². The second-order valence-corrected chi connectivity index (χ2v) is 7.77. The average molecular weight is 373 g/mol. The molecule has 1 saturated carbocycles. The highest BCUT2D eigenvalue weighted by molar-refractivity contribution is 5.94. The SMILES string of the molecule is CC(=O)Nc1cccc(NC(=O)C2CCC(C(=O)NCCC(C)C)CC2)c1. The number of carbonyl (C=O) groups excluding carboxylic acids is 3. The number of amides is 3. The first-order valence-electron chi connectivity index (χ1n) is 9.81. The van der Waals surface area contributed by atoms with Crippen LogP contribution in [0, 0.1) is 17.8 Å². The first-order valence-corrected chi connectivity index (χ1v) is 9.81. The molecule has 1 fully saturated rings. The molecule has 2 rings (SSSR count). The molecule has 0 heterocycles. The van der Waals surface area contributed by atoms with E-state index < -0.39 is 0 Å². The lowest BCUT2D eigenvalue weighted by atomic mass is 9.81. The van der Waals surface area contributed by atoms with Gasteiger partial charge in [-0.1, -0.05) is 19.9 Å². The second-order valence-electron chi connectivity index (χ2n) is 7.77. The first-order chi connectivity index (χ1) is 12.8. The molecule has 3 N–H and O–H groups in total. The third-order valence-corrected chi connectivity index (χ3v) is 4.94. The predicted molar refractivity (Wildman–Crippen MR) is 107 cm³/mol. The summed E-state index contributed by atoms with van der Waals surface area (Å²) in [6, 6.07) is 7.11. The van der Waals surface area contributed by atoms with Crippen LogP contribution >= 0.6 is 0 Å². The van der Waals surface area contributed by atoms with E-state index in [4.69, 9.17) is 0 Å². The van der Waals surface area contributed by atoms with Crippen molar-refractivity contribution in [3.8, 4) is 0 Å². The molecule has 3 amide bonds. The van der Waals surface area contributed by atoms with Gasteiger partial charge in [0.15, 0.2) is 0 Å². The highest BCUT2D eigenvalue weighted by atomic mass is 16.2. The Morgan fingerprint density at radius 2 is 1.52 bits per heavy atom. The number of carbonyl (C=O) groups is 3. The third kappa shape index (κ3) is 7.04. The summed E-state index contributed by atoms with van der Waals surface area (Å²) >= 11 is 0. The highest BCUT2D eigenvalue weighted by Crippen LogP contribution is 2.30. The van der Waals surface area contributed by atoms with E-state index in [0.29, 0.717) is 17.3 Å². The minimum absolute atomic E-state index is 0.0179. The fourth-order valence-electron chi connectivity index (χ4n) is 3.37. The smallest absolute Gasteiger partial charge is 0.227 e. The van der Waals surface area contributed by atoms with Gasteiger partial charge >= 0.3 is 0 Å². The third-order valence-electron chi connectivity index (χ3n) is 4.94. The lowest BCUT2D eigenvalue weighted by Crippen LogP contribution is -2.36. The van der Waals surface area contributed by atoms with Gasteiger partial charge in [0.2, 0.25) is 17.7 Å². The number of anilines is 2. The zero-order valence-corrected chi connectivity index (χ0v) is 16.5. The van der Waals surface area contributed by atoms with Crippen molar-refractivity contribution in [1.82, 2.24) is 5.32 Å². The Labute approximate surface area is 161 Å². The van der Waals surface area contributed by atoms with Crippen molar-refractivity contribution in [2.24, 2.45) is 17.8 Å². The largest absolute Gasteiger partial charge is 0.356 e. The van der Waals surface area contributed by atoms with E-state index in [0.717, 1.165) is 38.6 Å². The van der Waals surface area contributed by atoms with Gasteiger partial charge in [-0.25, -0.2) is 0 Å². The van der Waals surface area contributed by atoms with Crippen LogP contribution in [0.15, 0.2) is 24.3 Å². The van der Waals surface area contributed by atoms with E-state index in [1.165, 1.54) is 6.92 Å². The molecule has 1 aromatic carbocycles. The quantitative estimate of drug-likeness (QED) is 0.683. The molecule has 6 heteroatoms. The van der Waals surface area contributed by atoms with Gasteiger partial charge in [0, 0.05) is 36.7 Å². The van der Waals surface area contributed by atoms with E-state index >= 15 is 0 Å². The van der Waals surface area contributed by atoms with Crippen LogP contribution in [0.4, 0.5) is 11.4 Å². The molecule has 148 valence electrons. The van der Waals surface area contributed by atoms with Gasteiger partial charge in [0.1, 0.15) is 0 Å². The monoisotopic (exact) mass is 373 g/mol. The van der Waals surface area contributed by atoms with E-state index in [1.807, 2.05) is 0 Å². The molecule has 0 spiro atoms. The van der Waals surface area contributed by atoms with Crippen LogP contribution in [0.3, 0.4) is 0 Å². The number of benzene rings is 1. The topological polar surface area (TPSA) is 87.3 Å². The summed E-state index contributed by atoms with van der Waals surface area (Å²) in [4.78, 5) is 35.9. The van der Waals surface area contributed by atoms with Gasteiger partial charge in [0.05, 0.1) is 0 Å². The average Bonchev–Trinajstić information content (AvgIpc) is 2.61. The van der Waals surface area contributed by atoms with Crippen molar-refractivity contribution in [2.75, 3.05) is 17.2 Å². The highest BCUT2D eigenvalue weighted by Gasteiger charge is 2.29. The summed E-state index contributed by atoms with van der Waals surface area (Å²) in [5.41, 5.74) is 1.32. The van der Waals surface area contributed by atoms with Crippen LogP contribution in [-0.2, 0) is 14.4 Å². The Morgan fingerprint density at radius 1 is 0.963 bits per heavy atom. The minimum Gasteiger partial charge on any atom is -0.356 e. The van der Waals surface area contributed by atoms with Gasteiger partial charge in [-0.15, -0.1) is 0 Å². The molecule has 0 aliphatic heterocycles.